The molecule has 0 heterocycles. The molecule has 1 N–H and O–H groups in total. The molecule has 0 aliphatic carbocycles. The predicted octanol–water partition coefficient (Wildman–Crippen LogP) is 5.70. The lowest BCUT2D eigenvalue weighted by atomic mass is 10.0. The van der Waals surface area contributed by atoms with Gasteiger partial charge in [-0.15, -0.1) is 0 Å². The number of hydrogen-bond donors (Lipinski definition) is 1. The molecule has 0 saturated heterocycles. The minimum Gasteiger partial charge on any atom is -0.300 e. The van der Waals surface area contributed by atoms with Crippen LogP contribution in [-0.2, 0) is 14.9 Å². The van der Waals surface area contributed by atoms with Gasteiger partial charge in [0.2, 0.25) is 0 Å². The smallest absolute Gasteiger partial charge is 0.264 e. The summed E-state index contributed by atoms with van der Waals surface area (Å²) in [5.41, 5.74) is 0. The molecule has 4 nitrogen and oxygen atoms in total. The Bertz CT molecular complexity index is 390. The summed E-state index contributed by atoms with van der Waals surface area (Å²) in [7, 11) is -3.84. The molecule has 144 valence electrons. The van der Waals surface area contributed by atoms with Crippen molar-refractivity contribution in [2.24, 2.45) is 0 Å². The van der Waals surface area contributed by atoms with Crippen LogP contribution < -0.4 is 0 Å². The van der Waals surface area contributed by atoms with E-state index in [1.807, 2.05) is 0 Å². The molecule has 0 fully saturated rings. The van der Waals surface area contributed by atoms with Gasteiger partial charge in [-0.3, -0.25) is 9.35 Å². The molecular formula is C19H38O4S. The quantitative estimate of drug-likeness (QED) is 0.250. The van der Waals surface area contributed by atoms with E-state index in [9.17, 15) is 13.2 Å². The van der Waals surface area contributed by atoms with Crippen LogP contribution in [0.25, 0.3) is 0 Å². The molecule has 0 saturated carbocycles. The molecule has 0 atom stereocenters. The lowest BCUT2D eigenvalue weighted by molar-refractivity contribution is -0.119. The summed E-state index contributed by atoms with van der Waals surface area (Å²) in [5, 5.41) is 0. The van der Waals surface area contributed by atoms with Gasteiger partial charge < -0.3 is 0 Å². The number of Topliss-reactive ketones (excluding diaryl/α,β-unsaturated/α-hetero) is 1. The topological polar surface area (TPSA) is 71.4 Å². The average Bonchev–Trinajstić information content (AvgIpc) is 2.51. The Morgan fingerprint density at radius 2 is 1.04 bits per heavy atom. The molecule has 0 rings (SSSR count). The molecular weight excluding hydrogens is 324 g/mol. The van der Waals surface area contributed by atoms with Crippen LogP contribution in [0.4, 0.5) is 0 Å². The van der Waals surface area contributed by atoms with Crippen LogP contribution in [-0.4, -0.2) is 24.5 Å². The van der Waals surface area contributed by atoms with Crippen molar-refractivity contribution in [1.29, 1.82) is 0 Å². The molecule has 0 spiro atoms. The number of carbonyl (C=O) groups excluding carboxylic acids is 1. The Kier molecular flexibility index (Phi) is 15.8. The summed E-state index contributed by atoms with van der Waals surface area (Å²) < 4.78 is 29.7. The van der Waals surface area contributed by atoms with E-state index in [4.69, 9.17) is 4.55 Å². The minimum absolute atomic E-state index is 0.195. The van der Waals surface area contributed by atoms with E-state index < -0.39 is 10.1 Å². The van der Waals surface area contributed by atoms with Gasteiger partial charge in [0.25, 0.3) is 10.1 Å². The normalized spacial score (nSPS) is 11.8. The third-order valence-electron chi connectivity index (χ3n) is 4.42. The van der Waals surface area contributed by atoms with Gasteiger partial charge in [0, 0.05) is 12.8 Å². The van der Waals surface area contributed by atoms with Crippen LogP contribution in [0.15, 0.2) is 0 Å². The minimum atomic E-state index is -3.84. The Morgan fingerprint density at radius 1 is 0.667 bits per heavy atom. The summed E-state index contributed by atoms with van der Waals surface area (Å²) in [6.07, 6.45) is 17.2. The highest BCUT2D eigenvalue weighted by molar-refractivity contribution is 7.85. The van der Waals surface area contributed by atoms with Crippen molar-refractivity contribution in [3.8, 4) is 0 Å². The maximum Gasteiger partial charge on any atom is 0.264 e. The summed E-state index contributed by atoms with van der Waals surface area (Å²) in [5.74, 6) is 0.0950. The maximum atomic E-state index is 11.7. The second kappa shape index (κ2) is 16.1. The zero-order chi connectivity index (χ0) is 18.1. The summed E-state index contributed by atoms with van der Waals surface area (Å²) in [6, 6.07) is 0. The van der Waals surface area contributed by atoms with E-state index in [1.54, 1.807) is 0 Å². The van der Waals surface area contributed by atoms with Crippen LogP contribution in [0, 0.1) is 0 Å². The maximum absolute atomic E-state index is 11.7. The van der Waals surface area contributed by atoms with E-state index >= 15 is 0 Å². The lowest BCUT2D eigenvalue weighted by Gasteiger charge is -2.03. The highest BCUT2D eigenvalue weighted by atomic mass is 32.2. The van der Waals surface area contributed by atoms with Crippen molar-refractivity contribution < 1.29 is 17.8 Å². The van der Waals surface area contributed by atoms with Gasteiger partial charge in [0.1, 0.15) is 5.78 Å². The average molecular weight is 363 g/mol. The van der Waals surface area contributed by atoms with Crippen molar-refractivity contribution in [3.05, 3.63) is 0 Å². The second-order valence-corrected chi connectivity index (χ2v) is 8.49. The van der Waals surface area contributed by atoms with Crippen LogP contribution in [0.1, 0.15) is 110 Å². The standard InChI is InChI=1S/C19H38O4S/c1-2-3-4-5-6-7-8-9-10-11-13-16-19(20)17-14-12-15-18-24(21,22)23/h2-18H2,1H3,(H,21,22,23). The second-order valence-electron chi connectivity index (χ2n) is 6.92. The highest BCUT2D eigenvalue weighted by Gasteiger charge is 2.05. The molecule has 0 amide bonds. The van der Waals surface area contributed by atoms with Crippen LogP contribution >= 0.6 is 0 Å². The van der Waals surface area contributed by atoms with Gasteiger partial charge in [-0.2, -0.15) is 8.42 Å². The van der Waals surface area contributed by atoms with E-state index in [2.05, 4.69) is 6.92 Å². The first-order chi connectivity index (χ1) is 11.5. The van der Waals surface area contributed by atoms with Crippen molar-refractivity contribution >= 4 is 15.9 Å². The van der Waals surface area contributed by atoms with Gasteiger partial charge in [0.05, 0.1) is 5.75 Å². The monoisotopic (exact) mass is 362 g/mol. The van der Waals surface area contributed by atoms with E-state index in [-0.39, 0.29) is 11.5 Å². The zero-order valence-electron chi connectivity index (χ0n) is 15.6. The van der Waals surface area contributed by atoms with E-state index in [0.29, 0.717) is 25.7 Å². The summed E-state index contributed by atoms with van der Waals surface area (Å²) in [6.45, 7) is 2.24. The van der Waals surface area contributed by atoms with Crippen molar-refractivity contribution in [2.75, 3.05) is 5.75 Å². The lowest BCUT2D eigenvalue weighted by Crippen LogP contribution is -2.04. The van der Waals surface area contributed by atoms with Crippen molar-refractivity contribution in [2.45, 2.75) is 110 Å². The van der Waals surface area contributed by atoms with E-state index in [1.165, 1.54) is 57.8 Å². The Balaban J connectivity index is 3.23. The molecule has 24 heavy (non-hydrogen) atoms. The number of ketones is 1. The Hall–Kier alpha value is -0.420. The van der Waals surface area contributed by atoms with Crippen molar-refractivity contribution in [1.82, 2.24) is 0 Å². The zero-order valence-corrected chi connectivity index (χ0v) is 16.4. The molecule has 0 aromatic rings. The van der Waals surface area contributed by atoms with Gasteiger partial charge >= 0.3 is 0 Å². The van der Waals surface area contributed by atoms with Crippen LogP contribution in [0.2, 0.25) is 0 Å². The number of rotatable bonds is 18. The SMILES string of the molecule is CCCCCCCCCCCCCC(=O)CCCCCS(=O)(=O)O. The number of carbonyl (C=O) groups is 1. The number of hydrogen-bond acceptors (Lipinski definition) is 3. The number of unbranched alkanes of at least 4 members (excludes halogenated alkanes) is 12. The fraction of sp³-hybridized carbons (Fsp3) is 0.947. The van der Waals surface area contributed by atoms with Gasteiger partial charge in [-0.25, -0.2) is 0 Å². The highest BCUT2D eigenvalue weighted by Crippen LogP contribution is 2.13. The summed E-state index contributed by atoms with van der Waals surface area (Å²) >= 11 is 0. The van der Waals surface area contributed by atoms with Gasteiger partial charge in [-0.05, 0) is 19.3 Å². The predicted molar refractivity (Wildman–Crippen MR) is 101 cm³/mol. The largest absolute Gasteiger partial charge is 0.300 e. The molecule has 0 aromatic heterocycles. The van der Waals surface area contributed by atoms with E-state index in [0.717, 1.165) is 19.3 Å². The Morgan fingerprint density at radius 3 is 1.46 bits per heavy atom. The molecule has 5 heteroatoms. The van der Waals surface area contributed by atoms with Crippen LogP contribution in [0.3, 0.4) is 0 Å². The van der Waals surface area contributed by atoms with Crippen molar-refractivity contribution in [3.63, 3.8) is 0 Å². The van der Waals surface area contributed by atoms with Gasteiger partial charge in [0.15, 0.2) is 0 Å². The first-order valence-electron chi connectivity index (χ1n) is 9.92. The molecule has 0 aliphatic heterocycles. The molecule has 0 unspecified atom stereocenters. The first-order valence-corrected chi connectivity index (χ1v) is 11.5. The summed E-state index contributed by atoms with van der Waals surface area (Å²) in [4.78, 5) is 11.7. The Labute approximate surface area is 149 Å². The molecule has 0 bridgehead atoms. The third-order valence-corrected chi connectivity index (χ3v) is 5.22. The van der Waals surface area contributed by atoms with Gasteiger partial charge in [-0.1, -0.05) is 77.6 Å². The fourth-order valence-corrected chi connectivity index (χ4v) is 3.46. The third kappa shape index (κ3) is 19.6. The van der Waals surface area contributed by atoms with Crippen LogP contribution in [0.5, 0.6) is 0 Å². The molecule has 0 radical (unpaired) electrons. The first kappa shape index (κ1) is 23.6. The molecule has 0 aliphatic rings. The fourth-order valence-electron chi connectivity index (χ4n) is 2.89. The molecule has 0 aromatic carbocycles.